The van der Waals surface area contributed by atoms with Gasteiger partial charge in [0.15, 0.2) is 5.69 Å². The Bertz CT molecular complexity index is 939. The lowest BCUT2D eigenvalue weighted by Crippen LogP contribution is -2.40. The van der Waals surface area contributed by atoms with Crippen molar-refractivity contribution in [2.45, 2.75) is 26.8 Å². The molecule has 7 heteroatoms. The standard InChI is InChI=1S/C21H24BrN5O/c1-14(2)19(24-17-9-5-4-6-10-17)13-23-21(28)20-15(3)27(26-25-20)18-11-7-8-16(22)12-18/h4-12,14,19,24H,13H2,1-3H3,(H,23,28). The fourth-order valence-electron chi connectivity index (χ4n) is 2.88. The van der Waals surface area contributed by atoms with E-state index in [2.05, 4.69) is 50.7 Å². The van der Waals surface area contributed by atoms with Crippen LogP contribution in [0.4, 0.5) is 5.69 Å². The zero-order valence-electron chi connectivity index (χ0n) is 16.2. The zero-order chi connectivity index (χ0) is 20.1. The van der Waals surface area contributed by atoms with Gasteiger partial charge in [-0.2, -0.15) is 0 Å². The summed E-state index contributed by atoms with van der Waals surface area (Å²) in [5.74, 6) is 0.123. The maximum Gasteiger partial charge on any atom is 0.273 e. The maximum atomic E-state index is 12.7. The molecule has 0 bridgehead atoms. The summed E-state index contributed by atoms with van der Waals surface area (Å²) in [7, 11) is 0. The second-order valence-electron chi connectivity index (χ2n) is 6.99. The van der Waals surface area contributed by atoms with Crippen LogP contribution in [-0.4, -0.2) is 33.5 Å². The van der Waals surface area contributed by atoms with Crippen LogP contribution < -0.4 is 10.6 Å². The van der Waals surface area contributed by atoms with Gasteiger partial charge in [0.2, 0.25) is 0 Å². The number of carbonyl (C=O) groups is 1. The van der Waals surface area contributed by atoms with E-state index < -0.39 is 0 Å². The molecule has 1 amide bonds. The largest absolute Gasteiger partial charge is 0.380 e. The first-order valence-corrected chi connectivity index (χ1v) is 10.0. The highest BCUT2D eigenvalue weighted by Gasteiger charge is 2.20. The van der Waals surface area contributed by atoms with Crippen LogP contribution in [-0.2, 0) is 0 Å². The number of hydrogen-bond acceptors (Lipinski definition) is 4. The number of hydrogen-bond donors (Lipinski definition) is 2. The lowest BCUT2D eigenvalue weighted by atomic mass is 10.0. The zero-order valence-corrected chi connectivity index (χ0v) is 17.8. The van der Waals surface area contributed by atoms with E-state index in [1.807, 2.05) is 61.5 Å². The summed E-state index contributed by atoms with van der Waals surface area (Å²) in [5.41, 5.74) is 2.92. The molecular formula is C21H24BrN5O. The number of rotatable bonds is 7. The predicted octanol–water partition coefficient (Wildman–Crippen LogP) is 4.20. The first-order chi connectivity index (χ1) is 13.5. The number of carbonyl (C=O) groups excluding carboxylic acids is 1. The molecular weight excluding hydrogens is 418 g/mol. The Balaban J connectivity index is 1.69. The lowest BCUT2D eigenvalue weighted by Gasteiger charge is -2.23. The summed E-state index contributed by atoms with van der Waals surface area (Å²) in [5, 5.41) is 14.7. The molecule has 3 aromatic rings. The van der Waals surface area contributed by atoms with Crippen LogP contribution in [0.2, 0.25) is 0 Å². The van der Waals surface area contributed by atoms with Crippen molar-refractivity contribution in [3.63, 3.8) is 0 Å². The first-order valence-electron chi connectivity index (χ1n) is 9.23. The molecule has 0 spiro atoms. The molecule has 6 nitrogen and oxygen atoms in total. The smallest absolute Gasteiger partial charge is 0.273 e. The highest BCUT2D eigenvalue weighted by Crippen LogP contribution is 2.17. The monoisotopic (exact) mass is 441 g/mol. The summed E-state index contributed by atoms with van der Waals surface area (Å²) in [6.45, 7) is 6.59. The molecule has 1 heterocycles. The Hall–Kier alpha value is -2.67. The minimum atomic E-state index is -0.223. The fraction of sp³-hybridized carbons (Fsp3) is 0.286. The third-order valence-electron chi connectivity index (χ3n) is 4.58. The Morgan fingerprint density at radius 1 is 1.14 bits per heavy atom. The average Bonchev–Trinajstić information content (AvgIpc) is 3.07. The molecule has 1 aromatic heterocycles. The summed E-state index contributed by atoms with van der Waals surface area (Å²) in [6.07, 6.45) is 0. The van der Waals surface area contributed by atoms with Gasteiger partial charge in [-0.3, -0.25) is 4.79 Å². The molecule has 0 saturated carbocycles. The molecule has 146 valence electrons. The molecule has 28 heavy (non-hydrogen) atoms. The molecule has 2 aromatic carbocycles. The van der Waals surface area contributed by atoms with Crippen molar-refractivity contribution in [3.05, 3.63) is 70.5 Å². The fourth-order valence-corrected chi connectivity index (χ4v) is 3.27. The van der Waals surface area contributed by atoms with Gasteiger partial charge in [0.05, 0.1) is 11.4 Å². The quantitative estimate of drug-likeness (QED) is 0.575. The van der Waals surface area contributed by atoms with Gasteiger partial charge in [0, 0.05) is 22.7 Å². The molecule has 0 aliphatic heterocycles. The van der Waals surface area contributed by atoms with Crippen molar-refractivity contribution in [2.24, 2.45) is 5.92 Å². The SMILES string of the molecule is Cc1c(C(=O)NCC(Nc2ccccc2)C(C)C)nnn1-c1cccc(Br)c1. The lowest BCUT2D eigenvalue weighted by molar-refractivity contribution is 0.0944. The molecule has 0 aliphatic carbocycles. The molecule has 1 atom stereocenters. The predicted molar refractivity (Wildman–Crippen MR) is 115 cm³/mol. The van der Waals surface area contributed by atoms with Gasteiger partial charge in [0.25, 0.3) is 5.91 Å². The topological polar surface area (TPSA) is 71.8 Å². The second-order valence-corrected chi connectivity index (χ2v) is 7.90. The van der Waals surface area contributed by atoms with Crippen LogP contribution in [0.15, 0.2) is 59.1 Å². The van der Waals surface area contributed by atoms with E-state index in [-0.39, 0.29) is 11.9 Å². The van der Waals surface area contributed by atoms with Crippen molar-refractivity contribution < 1.29 is 4.79 Å². The Labute approximate surface area is 173 Å². The summed E-state index contributed by atoms with van der Waals surface area (Å²) < 4.78 is 2.61. The van der Waals surface area contributed by atoms with Crippen LogP contribution in [0.25, 0.3) is 5.69 Å². The van der Waals surface area contributed by atoms with Gasteiger partial charge in [0.1, 0.15) is 0 Å². The number of nitrogens with one attached hydrogen (secondary N) is 2. The van der Waals surface area contributed by atoms with Gasteiger partial charge in [-0.15, -0.1) is 5.10 Å². The third kappa shape index (κ3) is 4.78. The normalized spacial score (nSPS) is 12.0. The number of para-hydroxylation sites is 1. The highest BCUT2D eigenvalue weighted by molar-refractivity contribution is 9.10. The molecule has 3 rings (SSSR count). The van der Waals surface area contributed by atoms with Gasteiger partial charge in [-0.25, -0.2) is 4.68 Å². The van der Waals surface area contributed by atoms with Crippen LogP contribution >= 0.6 is 15.9 Å². The van der Waals surface area contributed by atoms with Crippen molar-refractivity contribution in [2.75, 3.05) is 11.9 Å². The summed E-state index contributed by atoms with van der Waals surface area (Å²) in [6, 6.07) is 17.8. The van der Waals surface area contributed by atoms with E-state index in [0.717, 1.165) is 15.8 Å². The van der Waals surface area contributed by atoms with Crippen molar-refractivity contribution >= 4 is 27.5 Å². The van der Waals surface area contributed by atoms with Crippen molar-refractivity contribution in [1.82, 2.24) is 20.3 Å². The molecule has 0 aliphatic rings. The molecule has 2 N–H and O–H groups in total. The van der Waals surface area contributed by atoms with Crippen molar-refractivity contribution in [1.29, 1.82) is 0 Å². The van der Waals surface area contributed by atoms with E-state index in [1.54, 1.807) is 4.68 Å². The number of amides is 1. The second kappa shape index (κ2) is 9.01. The van der Waals surface area contributed by atoms with E-state index in [9.17, 15) is 4.79 Å². The molecule has 0 radical (unpaired) electrons. The van der Waals surface area contributed by atoms with E-state index >= 15 is 0 Å². The van der Waals surface area contributed by atoms with Gasteiger partial charge in [-0.05, 0) is 43.2 Å². The van der Waals surface area contributed by atoms with Gasteiger partial charge >= 0.3 is 0 Å². The van der Waals surface area contributed by atoms with Crippen LogP contribution in [0.1, 0.15) is 30.0 Å². The van der Waals surface area contributed by atoms with Crippen LogP contribution in [0.3, 0.4) is 0 Å². The summed E-state index contributed by atoms with van der Waals surface area (Å²) >= 11 is 3.45. The molecule has 1 unspecified atom stereocenters. The number of anilines is 1. The minimum Gasteiger partial charge on any atom is -0.380 e. The first kappa shape index (κ1) is 20.1. The molecule has 0 fully saturated rings. The Morgan fingerprint density at radius 2 is 1.89 bits per heavy atom. The summed E-state index contributed by atoms with van der Waals surface area (Å²) in [4.78, 5) is 12.7. The number of halogens is 1. The van der Waals surface area contributed by atoms with Crippen LogP contribution in [0, 0.1) is 12.8 Å². The van der Waals surface area contributed by atoms with E-state index in [1.165, 1.54) is 0 Å². The Morgan fingerprint density at radius 3 is 2.57 bits per heavy atom. The maximum absolute atomic E-state index is 12.7. The minimum absolute atomic E-state index is 0.103. The average molecular weight is 442 g/mol. The van der Waals surface area contributed by atoms with E-state index in [0.29, 0.717) is 23.9 Å². The number of aromatic nitrogens is 3. The number of benzene rings is 2. The highest BCUT2D eigenvalue weighted by atomic mass is 79.9. The molecule has 0 saturated heterocycles. The Kier molecular flexibility index (Phi) is 6.46. The van der Waals surface area contributed by atoms with E-state index in [4.69, 9.17) is 0 Å². The number of nitrogens with zero attached hydrogens (tertiary/aromatic N) is 3. The van der Waals surface area contributed by atoms with Crippen molar-refractivity contribution in [3.8, 4) is 5.69 Å². The van der Waals surface area contributed by atoms with Crippen LogP contribution in [0.5, 0.6) is 0 Å². The van der Waals surface area contributed by atoms with Gasteiger partial charge in [-0.1, -0.05) is 59.3 Å². The third-order valence-corrected chi connectivity index (χ3v) is 5.07. The van der Waals surface area contributed by atoms with Gasteiger partial charge < -0.3 is 10.6 Å².